The predicted octanol–water partition coefficient (Wildman–Crippen LogP) is 4.41. The van der Waals surface area contributed by atoms with E-state index in [2.05, 4.69) is 22.9 Å². The van der Waals surface area contributed by atoms with Gasteiger partial charge in [-0.1, -0.05) is 30.7 Å². The summed E-state index contributed by atoms with van der Waals surface area (Å²) in [5, 5.41) is 18.2. The molecular formula is C23H26ClN3O3. The number of phenols is 1. The molecule has 158 valence electrons. The number of para-hydroxylation sites is 1. The molecule has 1 saturated heterocycles. The van der Waals surface area contributed by atoms with Crippen LogP contribution in [0, 0.1) is 0 Å². The van der Waals surface area contributed by atoms with Crippen LogP contribution < -0.4 is 9.47 Å². The van der Waals surface area contributed by atoms with Gasteiger partial charge in [-0.25, -0.2) is 5.01 Å². The van der Waals surface area contributed by atoms with Crippen LogP contribution in [0.25, 0.3) is 0 Å². The van der Waals surface area contributed by atoms with Gasteiger partial charge in [-0.05, 0) is 30.8 Å². The largest absolute Gasteiger partial charge is 0.507 e. The van der Waals surface area contributed by atoms with E-state index < -0.39 is 5.72 Å². The predicted molar refractivity (Wildman–Crippen MR) is 117 cm³/mol. The van der Waals surface area contributed by atoms with E-state index in [1.807, 2.05) is 12.1 Å². The van der Waals surface area contributed by atoms with Gasteiger partial charge >= 0.3 is 0 Å². The number of benzene rings is 2. The number of ether oxygens (including phenoxy) is 2. The highest BCUT2D eigenvalue weighted by molar-refractivity contribution is 6.31. The molecule has 30 heavy (non-hydrogen) atoms. The highest BCUT2D eigenvalue weighted by atomic mass is 35.5. The highest BCUT2D eigenvalue weighted by Crippen LogP contribution is 2.53. The molecule has 0 aromatic heterocycles. The van der Waals surface area contributed by atoms with E-state index in [4.69, 9.17) is 26.2 Å². The Morgan fingerprint density at radius 3 is 2.80 bits per heavy atom. The Bertz CT molecular complexity index is 1000. The van der Waals surface area contributed by atoms with Crippen molar-refractivity contribution >= 4 is 17.3 Å². The third kappa shape index (κ3) is 3.01. The number of hydrazone groups is 1. The van der Waals surface area contributed by atoms with Crippen LogP contribution in [0.3, 0.4) is 0 Å². The van der Waals surface area contributed by atoms with Crippen molar-refractivity contribution in [3.8, 4) is 17.2 Å². The number of nitrogens with zero attached hydrogens (tertiary/aromatic N) is 3. The van der Waals surface area contributed by atoms with Crippen LogP contribution in [0.1, 0.15) is 43.4 Å². The summed E-state index contributed by atoms with van der Waals surface area (Å²) in [4.78, 5) is 2.44. The van der Waals surface area contributed by atoms with Crippen molar-refractivity contribution in [2.75, 3.05) is 26.7 Å². The van der Waals surface area contributed by atoms with E-state index in [1.54, 1.807) is 25.3 Å². The maximum Gasteiger partial charge on any atom is 0.200 e. The van der Waals surface area contributed by atoms with Crippen LogP contribution in [-0.2, 0) is 0 Å². The Hall–Kier alpha value is -2.44. The second kappa shape index (κ2) is 7.36. The molecule has 3 aliphatic heterocycles. The second-order valence-corrected chi connectivity index (χ2v) is 8.57. The SMILES string of the molecule is CCN1CCC2(CC1)Oc1c(OC)cccc1C1CC(c3cc(Cl)ccc3O)=NN12. The summed E-state index contributed by atoms with van der Waals surface area (Å²) in [7, 11) is 1.68. The van der Waals surface area contributed by atoms with Crippen LogP contribution >= 0.6 is 11.6 Å². The van der Waals surface area contributed by atoms with Gasteiger partial charge in [0.05, 0.1) is 18.9 Å². The van der Waals surface area contributed by atoms with Gasteiger partial charge in [0.2, 0.25) is 5.72 Å². The Balaban J connectivity index is 1.60. The first kappa shape index (κ1) is 19.5. The minimum atomic E-state index is -0.520. The van der Waals surface area contributed by atoms with E-state index in [9.17, 15) is 5.11 Å². The fourth-order valence-corrected chi connectivity index (χ4v) is 5.05. The molecule has 7 heteroatoms. The standard InChI is InChI=1S/C23H26ClN3O3/c1-3-26-11-9-23(10-12-26)27-19(16-5-4-6-21(29-2)22(16)30-23)14-18(25-27)17-13-15(24)7-8-20(17)28/h4-8,13,19,28H,3,9-12,14H2,1-2H3. The number of methoxy groups -OCH3 is 1. The molecule has 0 amide bonds. The first-order chi connectivity index (χ1) is 14.5. The fourth-order valence-electron chi connectivity index (χ4n) is 4.88. The zero-order valence-electron chi connectivity index (χ0n) is 17.3. The third-order valence-electron chi connectivity index (χ3n) is 6.56. The molecule has 2 aromatic carbocycles. The molecule has 0 aliphatic carbocycles. The van der Waals surface area contributed by atoms with Crippen LogP contribution in [0.2, 0.25) is 5.02 Å². The lowest BCUT2D eigenvalue weighted by molar-refractivity contribution is -0.150. The summed E-state index contributed by atoms with van der Waals surface area (Å²) in [6, 6.07) is 11.2. The van der Waals surface area contributed by atoms with E-state index in [1.165, 1.54) is 0 Å². The Kier molecular flexibility index (Phi) is 4.79. The number of rotatable bonds is 3. The number of piperidine rings is 1. The Morgan fingerprint density at radius 2 is 2.07 bits per heavy atom. The molecule has 6 nitrogen and oxygen atoms in total. The average molecular weight is 428 g/mol. The molecule has 0 bridgehead atoms. The molecule has 1 spiro atoms. The molecule has 3 aliphatic rings. The lowest BCUT2D eigenvalue weighted by Crippen LogP contribution is -2.59. The van der Waals surface area contributed by atoms with Crippen molar-refractivity contribution in [2.45, 2.75) is 38.0 Å². The maximum atomic E-state index is 10.5. The molecule has 0 saturated carbocycles. The molecule has 1 fully saturated rings. The third-order valence-corrected chi connectivity index (χ3v) is 6.80. The van der Waals surface area contributed by atoms with Gasteiger partial charge in [0.1, 0.15) is 5.75 Å². The Morgan fingerprint density at radius 1 is 1.27 bits per heavy atom. The second-order valence-electron chi connectivity index (χ2n) is 8.13. The number of hydrogen-bond acceptors (Lipinski definition) is 6. The highest BCUT2D eigenvalue weighted by Gasteiger charge is 2.52. The van der Waals surface area contributed by atoms with Crippen molar-refractivity contribution in [3.63, 3.8) is 0 Å². The molecule has 1 unspecified atom stereocenters. The lowest BCUT2D eigenvalue weighted by Gasteiger charge is -2.51. The van der Waals surface area contributed by atoms with E-state index in [0.29, 0.717) is 17.0 Å². The normalized spacial score (nSPS) is 22.3. The van der Waals surface area contributed by atoms with Gasteiger partial charge in [-0.3, -0.25) is 0 Å². The number of phenolic OH excluding ortho intramolecular Hbond substituents is 1. The molecule has 5 rings (SSSR count). The van der Waals surface area contributed by atoms with Gasteiger partial charge in [0, 0.05) is 48.5 Å². The van der Waals surface area contributed by atoms with E-state index >= 15 is 0 Å². The maximum absolute atomic E-state index is 10.5. The average Bonchev–Trinajstić information content (AvgIpc) is 3.22. The van der Waals surface area contributed by atoms with Crippen molar-refractivity contribution in [1.82, 2.24) is 9.91 Å². The minimum Gasteiger partial charge on any atom is -0.507 e. The topological polar surface area (TPSA) is 57.5 Å². The van der Waals surface area contributed by atoms with Gasteiger partial charge in [0.15, 0.2) is 11.5 Å². The Labute approximate surface area is 181 Å². The summed E-state index contributed by atoms with van der Waals surface area (Å²) in [5.74, 6) is 1.76. The molecular weight excluding hydrogens is 402 g/mol. The quantitative estimate of drug-likeness (QED) is 0.786. The van der Waals surface area contributed by atoms with Gasteiger partial charge in [-0.2, -0.15) is 5.10 Å². The summed E-state index contributed by atoms with van der Waals surface area (Å²) < 4.78 is 12.3. The van der Waals surface area contributed by atoms with Crippen molar-refractivity contribution in [2.24, 2.45) is 5.10 Å². The summed E-state index contributed by atoms with van der Waals surface area (Å²) in [5.41, 5.74) is 2.06. The van der Waals surface area contributed by atoms with E-state index in [-0.39, 0.29) is 11.8 Å². The first-order valence-electron chi connectivity index (χ1n) is 10.5. The zero-order valence-corrected chi connectivity index (χ0v) is 18.0. The summed E-state index contributed by atoms with van der Waals surface area (Å²) >= 11 is 6.22. The fraction of sp³-hybridized carbons (Fsp3) is 0.435. The molecule has 1 N–H and O–H groups in total. The number of likely N-dealkylation sites (tertiary alicyclic amines) is 1. The number of aromatic hydroxyl groups is 1. The van der Waals surface area contributed by atoms with Gasteiger partial charge in [0.25, 0.3) is 0 Å². The summed E-state index contributed by atoms with van der Waals surface area (Å²) in [6.45, 7) is 5.13. The van der Waals surface area contributed by atoms with Gasteiger partial charge in [-0.15, -0.1) is 0 Å². The van der Waals surface area contributed by atoms with Gasteiger partial charge < -0.3 is 19.5 Å². The van der Waals surface area contributed by atoms with Crippen molar-refractivity contribution < 1.29 is 14.6 Å². The molecule has 0 radical (unpaired) electrons. The monoisotopic (exact) mass is 427 g/mol. The van der Waals surface area contributed by atoms with Crippen LogP contribution in [-0.4, -0.2) is 53.2 Å². The van der Waals surface area contributed by atoms with Crippen LogP contribution in [0.5, 0.6) is 17.2 Å². The van der Waals surface area contributed by atoms with E-state index in [0.717, 1.165) is 55.3 Å². The van der Waals surface area contributed by atoms with Crippen molar-refractivity contribution in [1.29, 1.82) is 0 Å². The van der Waals surface area contributed by atoms with Crippen molar-refractivity contribution in [3.05, 3.63) is 52.5 Å². The number of fused-ring (bicyclic) bond motifs is 4. The molecule has 2 aromatic rings. The zero-order chi connectivity index (χ0) is 20.9. The smallest absolute Gasteiger partial charge is 0.200 e. The lowest BCUT2D eigenvalue weighted by atomic mass is 9.90. The minimum absolute atomic E-state index is 0.0328. The molecule has 3 heterocycles. The number of halogens is 1. The van der Waals surface area contributed by atoms with Crippen LogP contribution in [0.4, 0.5) is 0 Å². The van der Waals surface area contributed by atoms with Crippen LogP contribution in [0.15, 0.2) is 41.5 Å². The first-order valence-corrected chi connectivity index (χ1v) is 10.9. The molecule has 1 atom stereocenters. The summed E-state index contributed by atoms with van der Waals surface area (Å²) in [6.07, 6.45) is 2.39. The number of hydrogen-bond donors (Lipinski definition) is 1.